The third-order valence-electron chi connectivity index (χ3n) is 4.57. The van der Waals surface area contributed by atoms with Gasteiger partial charge in [0.2, 0.25) is 0 Å². The Labute approximate surface area is 144 Å². The lowest BCUT2D eigenvalue weighted by molar-refractivity contribution is 0.0522. The average molecular weight is 334 g/mol. The predicted octanol–water partition coefficient (Wildman–Crippen LogP) is 4.36. The summed E-state index contributed by atoms with van der Waals surface area (Å²) in [6.07, 6.45) is 1.65. The average Bonchev–Trinajstić information content (AvgIpc) is 3.00. The van der Waals surface area contributed by atoms with Gasteiger partial charge in [-0.15, -0.1) is 0 Å². The van der Waals surface area contributed by atoms with Crippen LogP contribution < -0.4 is 4.74 Å². The van der Waals surface area contributed by atoms with E-state index in [1.54, 1.807) is 20.2 Å². The lowest BCUT2D eigenvalue weighted by atomic mass is 10.0. The second-order valence-corrected chi connectivity index (χ2v) is 5.94. The van der Waals surface area contributed by atoms with Gasteiger partial charge < -0.3 is 14.5 Å². The molecule has 2 aromatic carbocycles. The molecule has 5 heteroatoms. The molecule has 2 aromatic heterocycles. The standard InChI is InChI=1S/C20H18N2O3/c1-4-25-20(23)19-15-10-16-14-9-12(24-3)5-6-17(14)22-18(16)11(2)13(15)7-8-21-19/h5-10,22H,4H2,1-3H3. The zero-order valence-corrected chi connectivity index (χ0v) is 14.3. The number of rotatable bonds is 3. The highest BCUT2D eigenvalue weighted by Gasteiger charge is 2.17. The number of nitrogens with zero attached hydrogens (tertiary/aromatic N) is 1. The Morgan fingerprint density at radius 1 is 1.12 bits per heavy atom. The van der Waals surface area contributed by atoms with E-state index in [2.05, 4.69) is 9.97 Å². The Morgan fingerprint density at radius 2 is 1.96 bits per heavy atom. The van der Waals surface area contributed by atoms with E-state index in [1.807, 2.05) is 37.3 Å². The highest BCUT2D eigenvalue weighted by molar-refractivity contribution is 6.16. The van der Waals surface area contributed by atoms with Crippen molar-refractivity contribution in [2.75, 3.05) is 13.7 Å². The summed E-state index contributed by atoms with van der Waals surface area (Å²) in [7, 11) is 1.65. The minimum atomic E-state index is -0.399. The van der Waals surface area contributed by atoms with Crippen LogP contribution in [0, 0.1) is 6.92 Å². The van der Waals surface area contributed by atoms with E-state index in [0.717, 1.165) is 43.9 Å². The molecular weight excluding hydrogens is 316 g/mol. The van der Waals surface area contributed by atoms with Gasteiger partial charge in [-0.2, -0.15) is 0 Å². The largest absolute Gasteiger partial charge is 0.497 e. The van der Waals surface area contributed by atoms with E-state index in [9.17, 15) is 4.79 Å². The van der Waals surface area contributed by atoms with Crippen molar-refractivity contribution in [2.24, 2.45) is 0 Å². The fraction of sp³-hybridized carbons (Fsp3) is 0.200. The second-order valence-electron chi connectivity index (χ2n) is 5.94. The number of benzene rings is 2. The van der Waals surface area contributed by atoms with Crippen molar-refractivity contribution in [1.29, 1.82) is 0 Å². The number of carbonyl (C=O) groups is 1. The van der Waals surface area contributed by atoms with Crippen LogP contribution in [0.3, 0.4) is 0 Å². The van der Waals surface area contributed by atoms with Crippen LogP contribution in [-0.2, 0) is 4.74 Å². The van der Waals surface area contributed by atoms with Crippen LogP contribution in [0.5, 0.6) is 5.75 Å². The fourth-order valence-corrected chi connectivity index (χ4v) is 3.35. The van der Waals surface area contributed by atoms with E-state index < -0.39 is 5.97 Å². The molecular formula is C20H18N2O3. The number of aromatic nitrogens is 2. The number of ether oxygens (including phenoxy) is 2. The van der Waals surface area contributed by atoms with Crippen LogP contribution >= 0.6 is 0 Å². The molecule has 0 bridgehead atoms. The highest BCUT2D eigenvalue weighted by Crippen LogP contribution is 2.35. The van der Waals surface area contributed by atoms with Gasteiger partial charge in [0, 0.05) is 27.9 Å². The summed E-state index contributed by atoms with van der Waals surface area (Å²) in [5.41, 5.74) is 3.51. The van der Waals surface area contributed by atoms with E-state index in [1.165, 1.54) is 0 Å². The SMILES string of the molecule is CCOC(=O)c1nccc2c(C)c3[nH]c4ccc(OC)cc4c3cc12. The van der Waals surface area contributed by atoms with Gasteiger partial charge in [0.05, 0.1) is 19.2 Å². The topological polar surface area (TPSA) is 64.2 Å². The molecule has 0 aliphatic heterocycles. The van der Waals surface area contributed by atoms with Crippen LogP contribution in [0.4, 0.5) is 0 Å². The van der Waals surface area contributed by atoms with Gasteiger partial charge in [-0.1, -0.05) is 0 Å². The number of esters is 1. The Morgan fingerprint density at radius 3 is 2.72 bits per heavy atom. The zero-order chi connectivity index (χ0) is 17.6. The van der Waals surface area contributed by atoms with Gasteiger partial charge in [-0.05, 0) is 55.1 Å². The number of H-pyrrole nitrogens is 1. The van der Waals surface area contributed by atoms with Crippen molar-refractivity contribution in [3.63, 3.8) is 0 Å². The maximum absolute atomic E-state index is 12.3. The molecule has 25 heavy (non-hydrogen) atoms. The van der Waals surface area contributed by atoms with Crippen molar-refractivity contribution in [1.82, 2.24) is 9.97 Å². The summed E-state index contributed by atoms with van der Waals surface area (Å²) in [5, 5.41) is 3.88. The zero-order valence-electron chi connectivity index (χ0n) is 14.3. The van der Waals surface area contributed by atoms with Crippen molar-refractivity contribution in [2.45, 2.75) is 13.8 Å². The van der Waals surface area contributed by atoms with Crippen LogP contribution in [-0.4, -0.2) is 29.7 Å². The Bertz CT molecular complexity index is 1130. The lowest BCUT2D eigenvalue weighted by Crippen LogP contribution is -2.07. The number of pyridine rings is 1. The summed E-state index contributed by atoms with van der Waals surface area (Å²) in [6, 6.07) is 9.87. The smallest absolute Gasteiger partial charge is 0.357 e. The quantitative estimate of drug-likeness (QED) is 0.565. The molecule has 0 unspecified atom stereocenters. The first-order chi connectivity index (χ1) is 12.1. The summed E-state index contributed by atoms with van der Waals surface area (Å²) < 4.78 is 10.5. The summed E-state index contributed by atoms with van der Waals surface area (Å²) in [6.45, 7) is 4.16. The molecule has 2 heterocycles. The molecule has 0 saturated heterocycles. The molecule has 126 valence electrons. The first kappa shape index (κ1) is 15.4. The van der Waals surface area contributed by atoms with Gasteiger partial charge in [0.1, 0.15) is 5.75 Å². The molecule has 0 saturated carbocycles. The third kappa shape index (κ3) is 2.31. The maximum Gasteiger partial charge on any atom is 0.357 e. The molecule has 0 aliphatic rings. The van der Waals surface area contributed by atoms with E-state index >= 15 is 0 Å². The van der Waals surface area contributed by atoms with E-state index in [-0.39, 0.29) is 0 Å². The monoisotopic (exact) mass is 334 g/mol. The summed E-state index contributed by atoms with van der Waals surface area (Å²) in [5.74, 6) is 0.396. The van der Waals surface area contributed by atoms with Crippen LogP contribution in [0.15, 0.2) is 36.5 Å². The molecule has 0 aliphatic carbocycles. The molecule has 4 rings (SSSR count). The predicted molar refractivity (Wildman–Crippen MR) is 98.4 cm³/mol. The number of aromatic amines is 1. The second kappa shape index (κ2) is 5.77. The lowest BCUT2D eigenvalue weighted by Gasteiger charge is -2.08. The molecule has 5 nitrogen and oxygen atoms in total. The van der Waals surface area contributed by atoms with Gasteiger partial charge in [0.25, 0.3) is 0 Å². The first-order valence-corrected chi connectivity index (χ1v) is 8.19. The van der Waals surface area contributed by atoms with Crippen molar-refractivity contribution in [3.8, 4) is 5.75 Å². The Kier molecular flexibility index (Phi) is 3.57. The Balaban J connectivity index is 2.11. The first-order valence-electron chi connectivity index (χ1n) is 8.19. The molecule has 0 radical (unpaired) electrons. The van der Waals surface area contributed by atoms with Crippen molar-refractivity contribution >= 4 is 38.5 Å². The fourth-order valence-electron chi connectivity index (χ4n) is 3.35. The molecule has 4 aromatic rings. The number of aryl methyl sites for hydroxylation is 1. The molecule has 0 atom stereocenters. The molecule has 0 amide bonds. The van der Waals surface area contributed by atoms with Crippen molar-refractivity contribution in [3.05, 3.63) is 47.8 Å². The minimum Gasteiger partial charge on any atom is -0.497 e. The van der Waals surface area contributed by atoms with Crippen LogP contribution in [0.2, 0.25) is 0 Å². The highest BCUT2D eigenvalue weighted by atomic mass is 16.5. The normalized spacial score (nSPS) is 11.3. The van der Waals surface area contributed by atoms with Crippen LogP contribution in [0.25, 0.3) is 32.6 Å². The Hall–Kier alpha value is -3.08. The minimum absolute atomic E-state index is 0.322. The van der Waals surface area contributed by atoms with Crippen LogP contribution in [0.1, 0.15) is 23.0 Å². The number of hydrogen-bond donors (Lipinski definition) is 1. The molecule has 0 spiro atoms. The van der Waals surface area contributed by atoms with E-state index in [0.29, 0.717) is 12.3 Å². The van der Waals surface area contributed by atoms with Gasteiger partial charge >= 0.3 is 5.97 Å². The molecule has 0 fully saturated rings. The van der Waals surface area contributed by atoms with E-state index in [4.69, 9.17) is 9.47 Å². The summed E-state index contributed by atoms with van der Waals surface area (Å²) >= 11 is 0. The third-order valence-corrected chi connectivity index (χ3v) is 4.57. The number of carbonyl (C=O) groups excluding carboxylic acids is 1. The number of methoxy groups -OCH3 is 1. The number of nitrogens with one attached hydrogen (secondary N) is 1. The van der Waals surface area contributed by atoms with Gasteiger partial charge in [-0.3, -0.25) is 0 Å². The number of fused-ring (bicyclic) bond motifs is 4. The van der Waals surface area contributed by atoms with Gasteiger partial charge in [0.15, 0.2) is 5.69 Å². The maximum atomic E-state index is 12.3. The number of hydrogen-bond acceptors (Lipinski definition) is 4. The van der Waals surface area contributed by atoms with Gasteiger partial charge in [-0.25, -0.2) is 9.78 Å². The summed E-state index contributed by atoms with van der Waals surface area (Å²) in [4.78, 5) is 20.0. The molecule has 1 N–H and O–H groups in total. The van der Waals surface area contributed by atoms with Crippen molar-refractivity contribution < 1.29 is 14.3 Å².